The van der Waals surface area contributed by atoms with Gasteiger partial charge in [-0.1, -0.05) is 92.2 Å². The van der Waals surface area contributed by atoms with Gasteiger partial charge >= 0.3 is 0 Å². The molecule has 1 atom stereocenters. The fourth-order valence-electron chi connectivity index (χ4n) is 4.69. The molecule has 220 valence electrons. The Morgan fingerprint density at radius 1 is 0.854 bits per heavy atom. The van der Waals surface area contributed by atoms with Gasteiger partial charge in [0.2, 0.25) is 21.8 Å². The summed E-state index contributed by atoms with van der Waals surface area (Å²) in [5.74, 6) is -0.119. The molecule has 0 fully saturated rings. The van der Waals surface area contributed by atoms with Gasteiger partial charge in [-0.3, -0.25) is 13.9 Å². The maximum Gasteiger partial charge on any atom is 0.243 e. The zero-order valence-corrected chi connectivity index (χ0v) is 25.7. The average molecular weight is 578 g/mol. The second kappa shape index (κ2) is 14.8. The molecule has 7 nitrogen and oxygen atoms in total. The molecule has 0 heterocycles. The van der Waals surface area contributed by atoms with Crippen molar-refractivity contribution in [1.82, 2.24) is 10.2 Å². The predicted molar refractivity (Wildman–Crippen MR) is 166 cm³/mol. The van der Waals surface area contributed by atoms with Crippen LogP contribution >= 0.6 is 0 Å². The Kier molecular flexibility index (Phi) is 11.5. The summed E-state index contributed by atoms with van der Waals surface area (Å²) in [5, 5.41) is 3.03. The van der Waals surface area contributed by atoms with Crippen LogP contribution in [0.3, 0.4) is 0 Å². The predicted octanol–water partition coefficient (Wildman–Crippen LogP) is 5.26. The number of carbonyl (C=O) groups excluding carboxylic acids is 2. The lowest BCUT2D eigenvalue weighted by atomic mass is 10.0. The van der Waals surface area contributed by atoms with E-state index >= 15 is 0 Å². The molecule has 3 aromatic carbocycles. The monoisotopic (exact) mass is 577 g/mol. The lowest BCUT2D eigenvalue weighted by Gasteiger charge is -2.32. The van der Waals surface area contributed by atoms with E-state index in [1.807, 2.05) is 94.4 Å². The zero-order chi connectivity index (χ0) is 30.0. The molecule has 1 N–H and O–H groups in total. The van der Waals surface area contributed by atoms with Crippen LogP contribution in [0, 0.1) is 19.8 Å². The topological polar surface area (TPSA) is 86.8 Å². The van der Waals surface area contributed by atoms with Gasteiger partial charge < -0.3 is 10.2 Å². The number of anilines is 1. The molecule has 41 heavy (non-hydrogen) atoms. The molecule has 0 unspecified atom stereocenters. The third-order valence-electron chi connectivity index (χ3n) is 6.97. The Morgan fingerprint density at radius 2 is 1.49 bits per heavy atom. The fourth-order valence-corrected chi connectivity index (χ4v) is 5.72. The first kappa shape index (κ1) is 31.9. The molecule has 0 bridgehead atoms. The van der Waals surface area contributed by atoms with E-state index in [2.05, 4.69) is 5.32 Å². The van der Waals surface area contributed by atoms with Crippen LogP contribution in [0.5, 0.6) is 0 Å². The summed E-state index contributed by atoms with van der Waals surface area (Å²) in [7, 11) is -3.55. The third-order valence-corrected chi connectivity index (χ3v) is 8.15. The highest BCUT2D eigenvalue weighted by Gasteiger charge is 2.30. The molecule has 0 aliphatic heterocycles. The van der Waals surface area contributed by atoms with Gasteiger partial charge in [-0.05, 0) is 48.9 Å². The first-order valence-corrected chi connectivity index (χ1v) is 16.0. The second-order valence-corrected chi connectivity index (χ2v) is 13.0. The number of benzene rings is 3. The highest BCUT2D eigenvalue weighted by Crippen LogP contribution is 2.23. The largest absolute Gasteiger partial charge is 0.354 e. The molecule has 0 saturated heterocycles. The Bertz CT molecular complexity index is 1390. The van der Waals surface area contributed by atoms with Gasteiger partial charge in [-0.2, -0.15) is 0 Å². The molecule has 3 aromatic rings. The molecular formula is C33H43N3O4S. The number of sulfonamides is 1. The van der Waals surface area contributed by atoms with Crippen molar-refractivity contribution in [2.75, 3.05) is 23.7 Å². The van der Waals surface area contributed by atoms with Crippen molar-refractivity contribution < 1.29 is 18.0 Å². The molecule has 3 rings (SSSR count). The Balaban J connectivity index is 1.88. The van der Waals surface area contributed by atoms with Gasteiger partial charge in [-0.25, -0.2) is 8.42 Å². The van der Waals surface area contributed by atoms with Crippen LogP contribution in [0.25, 0.3) is 0 Å². The van der Waals surface area contributed by atoms with E-state index in [0.717, 1.165) is 22.3 Å². The van der Waals surface area contributed by atoms with Crippen LogP contribution in [0.15, 0.2) is 78.9 Å². The number of para-hydroxylation sites is 1. The summed E-state index contributed by atoms with van der Waals surface area (Å²) >= 11 is 0. The third kappa shape index (κ3) is 9.74. The second-order valence-electron chi connectivity index (χ2n) is 11.1. The van der Waals surface area contributed by atoms with Crippen molar-refractivity contribution >= 4 is 27.5 Å². The number of nitrogens with one attached hydrogen (secondary N) is 1. The summed E-state index contributed by atoms with van der Waals surface area (Å²) in [5.41, 5.74) is 4.45. The van der Waals surface area contributed by atoms with Crippen LogP contribution in [-0.2, 0) is 32.6 Å². The molecule has 0 saturated carbocycles. The number of hydrogen-bond donors (Lipinski definition) is 1. The van der Waals surface area contributed by atoms with Crippen LogP contribution in [0.1, 0.15) is 48.9 Å². The van der Waals surface area contributed by atoms with E-state index in [0.29, 0.717) is 25.1 Å². The van der Waals surface area contributed by atoms with Gasteiger partial charge in [0.05, 0.1) is 11.9 Å². The lowest BCUT2D eigenvalue weighted by Crippen LogP contribution is -2.51. The van der Waals surface area contributed by atoms with Crippen molar-refractivity contribution in [2.24, 2.45) is 5.92 Å². The summed E-state index contributed by atoms with van der Waals surface area (Å²) in [6.45, 7) is 8.89. The van der Waals surface area contributed by atoms with E-state index in [1.165, 1.54) is 10.6 Å². The highest BCUT2D eigenvalue weighted by molar-refractivity contribution is 7.92. The van der Waals surface area contributed by atoms with E-state index in [4.69, 9.17) is 0 Å². The Morgan fingerprint density at radius 3 is 2.10 bits per heavy atom. The van der Waals surface area contributed by atoms with Gasteiger partial charge in [0.25, 0.3) is 0 Å². The quantitative estimate of drug-likeness (QED) is 0.283. The fraction of sp³-hybridized carbons (Fsp3) is 0.394. The summed E-state index contributed by atoms with van der Waals surface area (Å²) in [4.78, 5) is 29.1. The van der Waals surface area contributed by atoms with E-state index < -0.39 is 16.1 Å². The van der Waals surface area contributed by atoms with E-state index in [9.17, 15) is 18.0 Å². The van der Waals surface area contributed by atoms with Crippen molar-refractivity contribution in [3.63, 3.8) is 0 Å². The summed E-state index contributed by atoms with van der Waals surface area (Å²) < 4.78 is 26.7. The average Bonchev–Trinajstić information content (AvgIpc) is 2.93. The van der Waals surface area contributed by atoms with E-state index in [-0.39, 0.29) is 37.2 Å². The maximum atomic E-state index is 13.9. The van der Waals surface area contributed by atoms with Gasteiger partial charge in [0, 0.05) is 32.5 Å². The minimum atomic E-state index is -3.55. The first-order chi connectivity index (χ1) is 19.5. The Hall–Kier alpha value is -3.65. The molecule has 8 heteroatoms. The summed E-state index contributed by atoms with van der Waals surface area (Å²) in [6.07, 6.45) is 1.98. The molecular weight excluding hydrogens is 534 g/mol. The first-order valence-electron chi connectivity index (χ1n) is 14.2. The van der Waals surface area contributed by atoms with Gasteiger partial charge in [0.15, 0.2) is 0 Å². The number of aryl methyl sites for hydroxylation is 2. The molecule has 0 aliphatic carbocycles. The molecule has 2 amide bonds. The highest BCUT2D eigenvalue weighted by atomic mass is 32.2. The van der Waals surface area contributed by atoms with Crippen LogP contribution in [-0.4, -0.2) is 50.5 Å². The lowest BCUT2D eigenvalue weighted by molar-refractivity contribution is -0.141. The van der Waals surface area contributed by atoms with Crippen molar-refractivity contribution in [3.8, 4) is 0 Å². The normalized spacial score (nSPS) is 12.1. The van der Waals surface area contributed by atoms with Crippen LogP contribution in [0.4, 0.5) is 5.69 Å². The smallest absolute Gasteiger partial charge is 0.243 e. The number of amides is 2. The molecule has 0 spiro atoms. The molecule has 0 aromatic heterocycles. The number of nitrogens with zero attached hydrogens (tertiary/aromatic N) is 2. The van der Waals surface area contributed by atoms with Gasteiger partial charge in [0.1, 0.15) is 6.04 Å². The number of rotatable bonds is 14. The number of hydrogen-bond acceptors (Lipinski definition) is 4. The summed E-state index contributed by atoms with van der Waals surface area (Å²) in [6, 6.07) is 24.2. The minimum absolute atomic E-state index is 0.104. The van der Waals surface area contributed by atoms with Crippen molar-refractivity contribution in [1.29, 1.82) is 0 Å². The maximum absolute atomic E-state index is 13.9. The SMILES string of the molecule is Cc1ccc(CN(C(=O)CCCN(c2ccccc2C)S(C)(=O)=O)[C@@H](Cc2ccccc2)C(=O)NCC(C)C)cc1. The standard InChI is InChI=1S/C33H43N3O4S/c1-25(2)23-34-33(38)31(22-28-13-7-6-8-14-28)35(24-29-19-17-26(3)18-20-29)32(37)16-11-21-36(41(5,39)40)30-15-10-9-12-27(30)4/h6-10,12-15,17-20,25,31H,11,16,21-24H2,1-5H3,(H,34,38)/t31-/m0/s1. The van der Waals surface area contributed by atoms with Crippen molar-refractivity contribution in [2.45, 2.75) is 59.5 Å². The molecule has 0 aliphatic rings. The minimum Gasteiger partial charge on any atom is -0.354 e. The van der Waals surface area contributed by atoms with Crippen molar-refractivity contribution in [3.05, 3.63) is 101 Å². The number of carbonyl (C=O) groups is 2. The molecule has 0 radical (unpaired) electrons. The zero-order valence-electron chi connectivity index (χ0n) is 24.8. The van der Waals surface area contributed by atoms with Crippen LogP contribution in [0.2, 0.25) is 0 Å². The van der Waals surface area contributed by atoms with E-state index in [1.54, 1.807) is 17.0 Å². The van der Waals surface area contributed by atoms with Crippen LogP contribution < -0.4 is 9.62 Å². The van der Waals surface area contributed by atoms with Gasteiger partial charge in [-0.15, -0.1) is 0 Å². The Labute approximate surface area is 245 Å².